The van der Waals surface area contributed by atoms with Crippen LogP contribution in [0.1, 0.15) is 54.7 Å². The van der Waals surface area contributed by atoms with Gasteiger partial charge in [-0.05, 0) is 38.0 Å². The van der Waals surface area contributed by atoms with Crippen molar-refractivity contribution in [2.24, 2.45) is 0 Å². The lowest BCUT2D eigenvalue weighted by molar-refractivity contribution is 0.0928. The number of carbonyl (C=O) groups excluding carboxylic acids is 1. The molecule has 1 aromatic heterocycles. The summed E-state index contributed by atoms with van der Waals surface area (Å²) in [5.74, 6) is 0.343. The molecule has 0 radical (unpaired) electrons. The maximum Gasteiger partial charge on any atom is 0.270 e. The average molecular weight is 324 g/mol. The molecule has 24 heavy (non-hydrogen) atoms. The molecule has 1 amide bonds. The summed E-state index contributed by atoms with van der Waals surface area (Å²) in [6, 6.07) is 11.7. The average Bonchev–Trinajstić information content (AvgIpc) is 2.84. The first kappa shape index (κ1) is 16.4. The van der Waals surface area contributed by atoms with Crippen molar-refractivity contribution >= 4 is 17.5 Å². The van der Waals surface area contributed by atoms with Crippen LogP contribution >= 0.6 is 0 Å². The zero-order valence-corrected chi connectivity index (χ0v) is 14.1. The minimum atomic E-state index is -0.108. The van der Waals surface area contributed by atoms with Gasteiger partial charge in [0.1, 0.15) is 5.69 Å². The van der Waals surface area contributed by atoms with Crippen molar-refractivity contribution in [3.05, 3.63) is 47.8 Å². The second kappa shape index (κ2) is 7.90. The summed E-state index contributed by atoms with van der Waals surface area (Å²) in [7, 11) is 0. The van der Waals surface area contributed by atoms with Gasteiger partial charge in [-0.3, -0.25) is 4.79 Å². The van der Waals surface area contributed by atoms with Crippen molar-refractivity contribution in [3.8, 4) is 0 Å². The number of anilines is 2. The number of carbonyl (C=O) groups is 1. The third kappa shape index (κ3) is 4.54. The molecule has 0 aliphatic heterocycles. The zero-order chi connectivity index (χ0) is 16.8. The summed E-state index contributed by atoms with van der Waals surface area (Å²) in [5, 5.41) is 6.29. The number of amides is 1. The molecule has 5 heteroatoms. The van der Waals surface area contributed by atoms with Crippen LogP contribution in [0.4, 0.5) is 11.6 Å². The minimum Gasteiger partial charge on any atom is -0.348 e. The fraction of sp³-hybridized carbons (Fsp3) is 0.421. The van der Waals surface area contributed by atoms with E-state index in [1.165, 1.54) is 25.7 Å². The van der Waals surface area contributed by atoms with E-state index in [9.17, 15) is 4.79 Å². The van der Waals surface area contributed by atoms with Gasteiger partial charge in [0, 0.05) is 17.4 Å². The lowest BCUT2D eigenvalue weighted by atomic mass is 10.1. The lowest BCUT2D eigenvalue weighted by Gasteiger charge is -2.16. The van der Waals surface area contributed by atoms with E-state index in [4.69, 9.17) is 0 Å². The number of nitrogens with zero attached hydrogens (tertiary/aromatic N) is 2. The maximum absolute atomic E-state index is 12.6. The van der Waals surface area contributed by atoms with E-state index in [2.05, 4.69) is 20.6 Å². The van der Waals surface area contributed by atoms with Crippen LogP contribution in [0.25, 0.3) is 0 Å². The molecule has 0 bridgehead atoms. The summed E-state index contributed by atoms with van der Waals surface area (Å²) in [6.45, 7) is 1.88. The molecule has 1 saturated carbocycles. The zero-order valence-electron chi connectivity index (χ0n) is 14.1. The maximum atomic E-state index is 12.6. The van der Waals surface area contributed by atoms with Crippen LogP contribution in [0, 0.1) is 6.92 Å². The highest BCUT2D eigenvalue weighted by molar-refractivity contribution is 5.92. The van der Waals surface area contributed by atoms with E-state index in [-0.39, 0.29) is 11.9 Å². The Bertz CT molecular complexity index is 679. The Kier molecular flexibility index (Phi) is 5.41. The van der Waals surface area contributed by atoms with Gasteiger partial charge in [0.15, 0.2) is 0 Å². The second-order valence-electron chi connectivity index (χ2n) is 6.37. The number of benzene rings is 1. The molecule has 126 valence electrons. The summed E-state index contributed by atoms with van der Waals surface area (Å²) in [6.07, 6.45) is 7.03. The highest BCUT2D eigenvalue weighted by atomic mass is 16.1. The van der Waals surface area contributed by atoms with E-state index in [1.54, 1.807) is 6.07 Å². The molecule has 2 aromatic rings. The number of hydrogen-bond acceptors (Lipinski definition) is 4. The van der Waals surface area contributed by atoms with Crippen molar-refractivity contribution in [1.29, 1.82) is 0 Å². The molecular formula is C19H24N4O. The van der Waals surface area contributed by atoms with E-state index < -0.39 is 0 Å². The van der Waals surface area contributed by atoms with Gasteiger partial charge < -0.3 is 10.6 Å². The molecule has 2 N–H and O–H groups in total. The van der Waals surface area contributed by atoms with E-state index >= 15 is 0 Å². The third-order valence-electron chi connectivity index (χ3n) is 4.31. The van der Waals surface area contributed by atoms with Gasteiger partial charge in [-0.2, -0.15) is 0 Å². The smallest absolute Gasteiger partial charge is 0.270 e. The highest BCUT2D eigenvalue weighted by Gasteiger charge is 2.17. The number of hydrogen-bond donors (Lipinski definition) is 2. The Hall–Kier alpha value is -2.43. The molecule has 1 aromatic carbocycles. The van der Waals surface area contributed by atoms with Crippen molar-refractivity contribution in [2.45, 2.75) is 51.5 Å². The number of rotatable bonds is 4. The molecule has 0 atom stereocenters. The SMILES string of the molecule is Cc1cc(C(=O)NC2CCCCCC2)nc(Nc2ccccc2)n1. The van der Waals surface area contributed by atoms with E-state index in [1.807, 2.05) is 37.3 Å². The van der Waals surface area contributed by atoms with Gasteiger partial charge in [-0.15, -0.1) is 0 Å². The Morgan fingerprint density at radius 1 is 1.04 bits per heavy atom. The molecule has 0 spiro atoms. The van der Waals surface area contributed by atoms with Gasteiger partial charge in [0.25, 0.3) is 5.91 Å². The Morgan fingerprint density at radius 3 is 2.46 bits per heavy atom. The number of aromatic nitrogens is 2. The summed E-state index contributed by atoms with van der Waals surface area (Å²) in [4.78, 5) is 21.3. The molecule has 1 aliphatic carbocycles. The van der Waals surface area contributed by atoms with Crippen LogP contribution in [-0.4, -0.2) is 21.9 Å². The molecule has 3 rings (SSSR count). The van der Waals surface area contributed by atoms with Crippen LogP contribution < -0.4 is 10.6 Å². The summed E-state index contributed by atoms with van der Waals surface area (Å²) in [5.41, 5.74) is 2.10. The van der Waals surface area contributed by atoms with Gasteiger partial charge in [0.05, 0.1) is 0 Å². The number of aryl methyl sites for hydroxylation is 1. The Balaban J connectivity index is 1.71. The monoisotopic (exact) mass is 324 g/mol. The summed E-state index contributed by atoms with van der Waals surface area (Å²) < 4.78 is 0. The molecule has 0 unspecified atom stereocenters. The van der Waals surface area contributed by atoms with Crippen LogP contribution in [0.5, 0.6) is 0 Å². The molecular weight excluding hydrogens is 300 g/mol. The largest absolute Gasteiger partial charge is 0.348 e. The number of nitrogens with one attached hydrogen (secondary N) is 2. The molecule has 1 fully saturated rings. The number of para-hydroxylation sites is 1. The topological polar surface area (TPSA) is 66.9 Å². The van der Waals surface area contributed by atoms with Gasteiger partial charge in [0.2, 0.25) is 5.95 Å². The van der Waals surface area contributed by atoms with Crippen LogP contribution in [-0.2, 0) is 0 Å². The fourth-order valence-corrected chi connectivity index (χ4v) is 3.07. The van der Waals surface area contributed by atoms with Crippen LogP contribution in [0.2, 0.25) is 0 Å². The predicted molar refractivity (Wildman–Crippen MR) is 95.4 cm³/mol. The van der Waals surface area contributed by atoms with Crippen molar-refractivity contribution < 1.29 is 4.79 Å². The Labute approximate surface area is 142 Å². The second-order valence-corrected chi connectivity index (χ2v) is 6.37. The van der Waals surface area contributed by atoms with Crippen molar-refractivity contribution in [3.63, 3.8) is 0 Å². The molecule has 0 saturated heterocycles. The molecule has 5 nitrogen and oxygen atoms in total. The normalized spacial score (nSPS) is 15.5. The fourth-order valence-electron chi connectivity index (χ4n) is 3.07. The lowest BCUT2D eigenvalue weighted by Crippen LogP contribution is -2.35. The standard InChI is InChI=1S/C19H24N4O/c1-14-13-17(18(24)21-15-9-5-2-3-6-10-15)23-19(20-14)22-16-11-7-4-8-12-16/h4,7-8,11-13,15H,2-3,5-6,9-10H2,1H3,(H,21,24)(H,20,22,23). The first-order valence-corrected chi connectivity index (χ1v) is 8.69. The third-order valence-corrected chi connectivity index (χ3v) is 4.31. The summed E-state index contributed by atoms with van der Waals surface area (Å²) >= 11 is 0. The first-order valence-electron chi connectivity index (χ1n) is 8.69. The quantitative estimate of drug-likeness (QED) is 0.835. The van der Waals surface area contributed by atoms with Crippen LogP contribution in [0.15, 0.2) is 36.4 Å². The van der Waals surface area contributed by atoms with Crippen molar-refractivity contribution in [1.82, 2.24) is 15.3 Å². The van der Waals surface area contributed by atoms with Crippen molar-refractivity contribution in [2.75, 3.05) is 5.32 Å². The van der Waals surface area contributed by atoms with E-state index in [0.717, 1.165) is 24.2 Å². The molecule has 1 heterocycles. The van der Waals surface area contributed by atoms with E-state index in [0.29, 0.717) is 11.6 Å². The van der Waals surface area contributed by atoms with Gasteiger partial charge in [-0.25, -0.2) is 9.97 Å². The minimum absolute atomic E-state index is 0.108. The molecule has 1 aliphatic rings. The van der Waals surface area contributed by atoms with Gasteiger partial charge >= 0.3 is 0 Å². The van der Waals surface area contributed by atoms with Gasteiger partial charge in [-0.1, -0.05) is 43.9 Å². The first-order chi connectivity index (χ1) is 11.7. The van der Waals surface area contributed by atoms with Crippen LogP contribution in [0.3, 0.4) is 0 Å². The predicted octanol–water partition coefficient (Wildman–Crippen LogP) is 3.98. The highest BCUT2D eigenvalue weighted by Crippen LogP contribution is 2.18. The Morgan fingerprint density at radius 2 is 1.75 bits per heavy atom.